The molecule has 2 aromatic carbocycles. The molecule has 2 atom stereocenters. The van der Waals surface area contributed by atoms with Crippen LogP contribution in [0.2, 0.25) is 10.0 Å². The van der Waals surface area contributed by atoms with Crippen molar-refractivity contribution in [3.63, 3.8) is 0 Å². The van der Waals surface area contributed by atoms with E-state index in [9.17, 15) is 18.0 Å². The minimum atomic E-state index is -2.23. The van der Waals surface area contributed by atoms with Crippen LogP contribution in [0.3, 0.4) is 0 Å². The zero-order valence-corrected chi connectivity index (χ0v) is 14.8. The standard InChI is InChI=1S/C17H12Cl2F3NO3/c1-25-12-5-3-9(14(20)15(12)21)16(22)23-7-13(26-17(23)24)8-2-4-10(18)11(19)6-8/h2-6,13,16H,7H2,1H3. The Kier molecular flexibility index (Phi) is 5.20. The van der Waals surface area contributed by atoms with Crippen LogP contribution in [-0.2, 0) is 4.74 Å². The number of cyclic esters (lactones) is 1. The lowest BCUT2D eigenvalue weighted by atomic mass is 10.1. The summed E-state index contributed by atoms with van der Waals surface area (Å²) in [7, 11) is 1.16. The first-order valence-electron chi connectivity index (χ1n) is 7.41. The molecule has 138 valence electrons. The minimum absolute atomic E-state index is 0.203. The van der Waals surface area contributed by atoms with E-state index in [1.165, 1.54) is 12.1 Å². The van der Waals surface area contributed by atoms with Crippen molar-refractivity contribution in [2.45, 2.75) is 12.4 Å². The summed E-state index contributed by atoms with van der Waals surface area (Å²) >= 11 is 11.8. The Bertz CT molecular complexity index is 865. The van der Waals surface area contributed by atoms with Crippen molar-refractivity contribution in [1.82, 2.24) is 4.90 Å². The van der Waals surface area contributed by atoms with Gasteiger partial charge < -0.3 is 9.47 Å². The predicted octanol–water partition coefficient (Wildman–Crippen LogP) is 5.44. The highest BCUT2D eigenvalue weighted by molar-refractivity contribution is 6.42. The molecular weight excluding hydrogens is 394 g/mol. The average Bonchev–Trinajstić information content (AvgIpc) is 3.01. The van der Waals surface area contributed by atoms with E-state index >= 15 is 0 Å². The third-order valence-electron chi connectivity index (χ3n) is 3.98. The number of halogens is 5. The van der Waals surface area contributed by atoms with Gasteiger partial charge in [-0.05, 0) is 29.8 Å². The molecule has 0 radical (unpaired) electrons. The zero-order valence-electron chi connectivity index (χ0n) is 13.3. The summed E-state index contributed by atoms with van der Waals surface area (Å²) < 4.78 is 52.4. The van der Waals surface area contributed by atoms with Gasteiger partial charge in [0.25, 0.3) is 0 Å². The second-order valence-electron chi connectivity index (χ2n) is 5.52. The van der Waals surface area contributed by atoms with Crippen LogP contribution in [-0.4, -0.2) is 24.6 Å². The number of carbonyl (C=O) groups is 1. The number of hydrogen-bond acceptors (Lipinski definition) is 3. The maximum absolute atomic E-state index is 14.7. The SMILES string of the molecule is COc1ccc(C(F)N2CC(c3ccc(Cl)c(Cl)c3)OC2=O)c(F)c1F. The Hall–Kier alpha value is -2.12. The lowest BCUT2D eigenvalue weighted by Gasteiger charge is -2.19. The van der Waals surface area contributed by atoms with Crippen LogP contribution in [0.15, 0.2) is 30.3 Å². The van der Waals surface area contributed by atoms with Gasteiger partial charge in [-0.25, -0.2) is 13.6 Å². The van der Waals surface area contributed by atoms with Gasteiger partial charge in [0.2, 0.25) is 12.1 Å². The van der Waals surface area contributed by atoms with E-state index in [1.807, 2.05) is 0 Å². The molecule has 1 heterocycles. The molecule has 4 nitrogen and oxygen atoms in total. The summed E-state index contributed by atoms with van der Waals surface area (Å²) in [4.78, 5) is 12.7. The lowest BCUT2D eigenvalue weighted by Crippen LogP contribution is -2.28. The van der Waals surface area contributed by atoms with Crippen LogP contribution in [0.1, 0.15) is 23.5 Å². The summed E-state index contributed by atoms with van der Waals surface area (Å²) in [5.74, 6) is -3.12. The van der Waals surface area contributed by atoms with Crippen molar-refractivity contribution in [2.75, 3.05) is 13.7 Å². The summed E-state index contributed by atoms with van der Waals surface area (Å²) in [6, 6.07) is 6.68. The minimum Gasteiger partial charge on any atom is -0.494 e. The number of nitrogens with zero attached hydrogens (tertiary/aromatic N) is 1. The molecule has 1 fully saturated rings. The fourth-order valence-electron chi connectivity index (χ4n) is 2.61. The molecule has 1 amide bonds. The van der Waals surface area contributed by atoms with Crippen LogP contribution in [0.4, 0.5) is 18.0 Å². The summed E-state index contributed by atoms with van der Waals surface area (Å²) in [6.07, 6.45) is -4.04. The highest BCUT2D eigenvalue weighted by Crippen LogP contribution is 2.37. The van der Waals surface area contributed by atoms with E-state index in [-0.39, 0.29) is 17.3 Å². The number of alkyl halides is 1. The molecule has 2 unspecified atom stereocenters. The number of carbonyl (C=O) groups excluding carboxylic acids is 1. The Labute approximate surface area is 157 Å². The Morgan fingerprint density at radius 3 is 2.58 bits per heavy atom. The van der Waals surface area contributed by atoms with Crippen molar-refractivity contribution in [3.05, 3.63) is 63.1 Å². The van der Waals surface area contributed by atoms with Gasteiger partial charge in [-0.1, -0.05) is 29.3 Å². The van der Waals surface area contributed by atoms with E-state index in [4.69, 9.17) is 27.9 Å². The summed E-state index contributed by atoms with van der Waals surface area (Å²) in [5, 5.41) is 0.564. The smallest absolute Gasteiger partial charge is 0.413 e. The van der Waals surface area contributed by atoms with Gasteiger partial charge in [0, 0.05) is 5.56 Å². The highest BCUT2D eigenvalue weighted by Gasteiger charge is 2.39. The molecule has 1 aliphatic heterocycles. The average molecular weight is 406 g/mol. The van der Waals surface area contributed by atoms with Gasteiger partial charge in [-0.2, -0.15) is 4.39 Å². The molecule has 0 bridgehead atoms. The number of rotatable bonds is 4. The molecule has 3 rings (SSSR count). The number of hydrogen-bond donors (Lipinski definition) is 0. The molecule has 1 saturated heterocycles. The summed E-state index contributed by atoms with van der Waals surface area (Å²) in [5.41, 5.74) is -0.126. The molecule has 0 aromatic heterocycles. The van der Waals surface area contributed by atoms with E-state index in [2.05, 4.69) is 4.74 Å². The van der Waals surface area contributed by atoms with E-state index < -0.39 is 35.7 Å². The van der Waals surface area contributed by atoms with Crippen molar-refractivity contribution in [1.29, 1.82) is 0 Å². The molecule has 2 aromatic rings. The first-order valence-corrected chi connectivity index (χ1v) is 8.17. The maximum atomic E-state index is 14.7. The van der Waals surface area contributed by atoms with Gasteiger partial charge in [-0.15, -0.1) is 0 Å². The van der Waals surface area contributed by atoms with Crippen LogP contribution >= 0.6 is 23.2 Å². The molecule has 0 aliphatic carbocycles. The fraction of sp³-hybridized carbons (Fsp3) is 0.235. The first kappa shape index (κ1) is 18.7. The quantitative estimate of drug-likeness (QED) is 0.635. The second-order valence-corrected chi connectivity index (χ2v) is 6.33. The normalized spacial score (nSPS) is 18.0. The lowest BCUT2D eigenvalue weighted by molar-refractivity contribution is 0.0994. The Morgan fingerprint density at radius 1 is 1.19 bits per heavy atom. The van der Waals surface area contributed by atoms with E-state index in [0.717, 1.165) is 19.2 Å². The predicted molar refractivity (Wildman–Crippen MR) is 89.1 cm³/mol. The van der Waals surface area contributed by atoms with Crippen molar-refractivity contribution < 1.29 is 27.4 Å². The van der Waals surface area contributed by atoms with E-state index in [1.54, 1.807) is 6.07 Å². The second kappa shape index (κ2) is 7.25. The number of benzene rings is 2. The van der Waals surface area contributed by atoms with Crippen LogP contribution in [0, 0.1) is 11.6 Å². The van der Waals surface area contributed by atoms with Crippen LogP contribution in [0.25, 0.3) is 0 Å². The maximum Gasteiger partial charge on any atom is 0.413 e. The number of amides is 1. The van der Waals surface area contributed by atoms with Crippen molar-refractivity contribution in [3.8, 4) is 5.75 Å². The Balaban J connectivity index is 1.85. The first-order chi connectivity index (χ1) is 12.3. The zero-order chi connectivity index (χ0) is 19.0. The third kappa shape index (κ3) is 3.29. The molecule has 26 heavy (non-hydrogen) atoms. The van der Waals surface area contributed by atoms with Gasteiger partial charge in [0.15, 0.2) is 11.6 Å². The Morgan fingerprint density at radius 2 is 1.92 bits per heavy atom. The largest absolute Gasteiger partial charge is 0.494 e. The van der Waals surface area contributed by atoms with Crippen LogP contribution in [0.5, 0.6) is 5.75 Å². The van der Waals surface area contributed by atoms with E-state index in [0.29, 0.717) is 15.5 Å². The fourth-order valence-corrected chi connectivity index (χ4v) is 2.91. The molecule has 0 N–H and O–H groups in total. The van der Waals surface area contributed by atoms with Crippen LogP contribution < -0.4 is 4.74 Å². The molecular formula is C17H12Cl2F3NO3. The molecule has 0 saturated carbocycles. The van der Waals surface area contributed by atoms with Crippen molar-refractivity contribution in [2.24, 2.45) is 0 Å². The van der Waals surface area contributed by atoms with Gasteiger partial charge >= 0.3 is 6.09 Å². The molecule has 9 heteroatoms. The summed E-state index contributed by atoms with van der Waals surface area (Å²) in [6.45, 7) is -0.203. The number of methoxy groups -OCH3 is 1. The molecule has 0 spiro atoms. The molecule has 1 aliphatic rings. The van der Waals surface area contributed by atoms with Gasteiger partial charge in [0.1, 0.15) is 6.10 Å². The monoisotopic (exact) mass is 405 g/mol. The number of ether oxygens (including phenoxy) is 2. The van der Waals surface area contributed by atoms with Gasteiger partial charge in [-0.3, -0.25) is 4.90 Å². The highest BCUT2D eigenvalue weighted by atomic mass is 35.5. The van der Waals surface area contributed by atoms with Gasteiger partial charge in [0.05, 0.1) is 23.7 Å². The third-order valence-corrected chi connectivity index (χ3v) is 4.72. The topological polar surface area (TPSA) is 38.8 Å². The van der Waals surface area contributed by atoms with Crippen molar-refractivity contribution >= 4 is 29.3 Å².